The van der Waals surface area contributed by atoms with Gasteiger partial charge in [-0.05, 0) is 20.8 Å². The topological polar surface area (TPSA) is 70.1 Å². The smallest absolute Gasteiger partial charge is 0.327 e. The Hall–Kier alpha value is -1.07. The third-order valence-electron chi connectivity index (χ3n) is 2.26. The minimum atomic E-state index is -1.10. The van der Waals surface area contributed by atoms with Crippen LogP contribution in [0.25, 0.3) is 0 Å². The predicted octanol–water partition coefficient (Wildman–Crippen LogP) is 1.13. The molecule has 0 aliphatic carbocycles. The summed E-state index contributed by atoms with van der Waals surface area (Å²) >= 11 is 5.86. The zero-order valence-electron chi connectivity index (χ0n) is 9.66. The van der Waals surface area contributed by atoms with Crippen molar-refractivity contribution >= 4 is 17.6 Å². The molecule has 6 heteroatoms. The van der Waals surface area contributed by atoms with Gasteiger partial charge < -0.3 is 10.5 Å². The first-order valence-electron chi connectivity index (χ1n) is 5.02. The van der Waals surface area contributed by atoms with Crippen molar-refractivity contribution in [3.8, 4) is 0 Å². The minimum absolute atomic E-state index is 0.240. The molecular formula is C10H16ClN3O2. The summed E-state index contributed by atoms with van der Waals surface area (Å²) in [6.07, 6.45) is 1.53. The van der Waals surface area contributed by atoms with E-state index in [1.807, 2.05) is 6.92 Å². The number of halogens is 1. The molecule has 5 nitrogen and oxygen atoms in total. The lowest BCUT2D eigenvalue weighted by atomic mass is 10.1. The number of carbonyl (C=O) groups excluding carboxylic acids is 1. The van der Waals surface area contributed by atoms with Crippen LogP contribution in [0.5, 0.6) is 0 Å². The first kappa shape index (κ1) is 13.0. The van der Waals surface area contributed by atoms with E-state index in [-0.39, 0.29) is 6.54 Å². The Balaban J connectivity index is 2.80. The van der Waals surface area contributed by atoms with Crippen LogP contribution >= 0.6 is 11.6 Å². The van der Waals surface area contributed by atoms with Gasteiger partial charge in [-0.2, -0.15) is 5.10 Å². The van der Waals surface area contributed by atoms with E-state index in [1.54, 1.807) is 18.5 Å². The van der Waals surface area contributed by atoms with E-state index in [0.717, 1.165) is 5.69 Å². The van der Waals surface area contributed by atoms with E-state index < -0.39 is 11.5 Å². The van der Waals surface area contributed by atoms with Gasteiger partial charge in [-0.25, -0.2) is 4.79 Å². The zero-order chi connectivity index (χ0) is 12.3. The maximum atomic E-state index is 11.6. The van der Waals surface area contributed by atoms with Gasteiger partial charge in [0.1, 0.15) is 5.54 Å². The van der Waals surface area contributed by atoms with Crippen molar-refractivity contribution in [2.75, 3.05) is 6.61 Å². The van der Waals surface area contributed by atoms with Crippen molar-refractivity contribution in [2.24, 2.45) is 5.73 Å². The van der Waals surface area contributed by atoms with Crippen LogP contribution < -0.4 is 5.73 Å². The quantitative estimate of drug-likeness (QED) is 0.808. The van der Waals surface area contributed by atoms with Crippen molar-refractivity contribution in [3.05, 3.63) is 16.9 Å². The summed E-state index contributed by atoms with van der Waals surface area (Å²) in [5.74, 6) is -0.443. The lowest BCUT2D eigenvalue weighted by Crippen LogP contribution is -2.50. The van der Waals surface area contributed by atoms with Gasteiger partial charge in [0.2, 0.25) is 0 Å². The average molecular weight is 246 g/mol. The molecule has 1 heterocycles. The number of nitrogens with zero attached hydrogens (tertiary/aromatic N) is 2. The highest BCUT2D eigenvalue weighted by Crippen LogP contribution is 2.16. The van der Waals surface area contributed by atoms with Crippen LogP contribution in [0.1, 0.15) is 19.5 Å². The number of carbonyl (C=O) groups is 1. The molecule has 16 heavy (non-hydrogen) atoms. The van der Waals surface area contributed by atoms with Crippen molar-refractivity contribution in [1.82, 2.24) is 9.78 Å². The molecular weight excluding hydrogens is 230 g/mol. The SMILES string of the molecule is CCOC(=O)C(C)(N)Cn1ncc(Cl)c1C. The van der Waals surface area contributed by atoms with Gasteiger partial charge in [-0.3, -0.25) is 4.68 Å². The Morgan fingerprint density at radius 1 is 1.75 bits per heavy atom. The molecule has 0 aliphatic heterocycles. The number of hydrogen-bond donors (Lipinski definition) is 1. The highest BCUT2D eigenvalue weighted by atomic mass is 35.5. The summed E-state index contributed by atoms with van der Waals surface area (Å²) in [5.41, 5.74) is 5.56. The van der Waals surface area contributed by atoms with Crippen LogP contribution in [-0.4, -0.2) is 27.9 Å². The van der Waals surface area contributed by atoms with Gasteiger partial charge >= 0.3 is 5.97 Å². The molecule has 1 unspecified atom stereocenters. The standard InChI is InChI=1S/C10H16ClN3O2/c1-4-16-9(15)10(3,12)6-14-7(2)8(11)5-13-14/h5H,4,6,12H2,1-3H3. The molecule has 0 saturated heterocycles. The molecule has 90 valence electrons. The molecule has 0 amide bonds. The molecule has 1 rings (SSSR count). The van der Waals surface area contributed by atoms with E-state index in [0.29, 0.717) is 11.6 Å². The second-order valence-electron chi connectivity index (χ2n) is 3.87. The molecule has 1 aromatic rings. The number of hydrogen-bond acceptors (Lipinski definition) is 4. The molecule has 2 N–H and O–H groups in total. The number of nitrogens with two attached hydrogens (primary N) is 1. The number of rotatable bonds is 4. The van der Waals surface area contributed by atoms with Gasteiger partial charge in [-0.15, -0.1) is 0 Å². The lowest BCUT2D eigenvalue weighted by molar-refractivity contribution is -0.149. The molecule has 1 atom stereocenters. The molecule has 0 radical (unpaired) electrons. The summed E-state index contributed by atoms with van der Waals surface area (Å²) < 4.78 is 6.48. The third kappa shape index (κ3) is 2.74. The number of esters is 1. The fourth-order valence-electron chi connectivity index (χ4n) is 1.25. The Morgan fingerprint density at radius 3 is 2.81 bits per heavy atom. The third-order valence-corrected chi connectivity index (χ3v) is 2.63. The summed E-state index contributed by atoms with van der Waals surface area (Å²) in [6, 6.07) is 0. The number of aromatic nitrogens is 2. The van der Waals surface area contributed by atoms with Crippen LogP contribution in [0, 0.1) is 6.92 Å². The molecule has 0 aliphatic rings. The van der Waals surface area contributed by atoms with Crippen LogP contribution in [0.4, 0.5) is 0 Å². The Morgan fingerprint density at radius 2 is 2.38 bits per heavy atom. The maximum Gasteiger partial charge on any atom is 0.327 e. The van der Waals surface area contributed by atoms with Gasteiger partial charge in [0.05, 0.1) is 30.1 Å². The average Bonchev–Trinajstić information content (AvgIpc) is 2.50. The Kier molecular flexibility index (Phi) is 3.93. The zero-order valence-corrected chi connectivity index (χ0v) is 10.4. The largest absolute Gasteiger partial charge is 0.465 e. The van der Waals surface area contributed by atoms with E-state index in [1.165, 1.54) is 6.20 Å². The Labute approximate surface area is 99.5 Å². The second kappa shape index (κ2) is 4.84. The van der Waals surface area contributed by atoms with Gasteiger partial charge in [-0.1, -0.05) is 11.6 Å². The van der Waals surface area contributed by atoms with Crippen molar-refractivity contribution in [1.29, 1.82) is 0 Å². The van der Waals surface area contributed by atoms with E-state index in [2.05, 4.69) is 5.10 Å². The summed E-state index contributed by atoms with van der Waals surface area (Å²) in [4.78, 5) is 11.6. The first-order valence-corrected chi connectivity index (χ1v) is 5.40. The molecule has 1 aromatic heterocycles. The lowest BCUT2D eigenvalue weighted by Gasteiger charge is -2.22. The monoisotopic (exact) mass is 245 g/mol. The van der Waals surface area contributed by atoms with Crippen molar-refractivity contribution in [3.63, 3.8) is 0 Å². The second-order valence-corrected chi connectivity index (χ2v) is 4.28. The van der Waals surface area contributed by atoms with E-state index >= 15 is 0 Å². The fraction of sp³-hybridized carbons (Fsp3) is 0.600. The van der Waals surface area contributed by atoms with Crippen molar-refractivity contribution in [2.45, 2.75) is 32.9 Å². The van der Waals surface area contributed by atoms with Gasteiger partial charge in [0, 0.05) is 0 Å². The first-order chi connectivity index (χ1) is 7.38. The minimum Gasteiger partial charge on any atom is -0.465 e. The van der Waals surface area contributed by atoms with Crippen LogP contribution in [-0.2, 0) is 16.1 Å². The molecule has 0 bridgehead atoms. The summed E-state index contributed by atoms with van der Waals surface area (Å²) in [5, 5.41) is 4.60. The van der Waals surface area contributed by atoms with Crippen LogP contribution in [0.15, 0.2) is 6.20 Å². The van der Waals surface area contributed by atoms with Gasteiger partial charge in [0.25, 0.3) is 0 Å². The summed E-state index contributed by atoms with van der Waals surface area (Å²) in [6.45, 7) is 5.72. The molecule has 0 aromatic carbocycles. The summed E-state index contributed by atoms with van der Waals surface area (Å²) in [7, 11) is 0. The fourth-order valence-corrected chi connectivity index (χ4v) is 1.40. The highest BCUT2D eigenvalue weighted by molar-refractivity contribution is 6.31. The normalized spacial score (nSPS) is 14.6. The van der Waals surface area contributed by atoms with E-state index in [4.69, 9.17) is 22.1 Å². The van der Waals surface area contributed by atoms with Crippen LogP contribution in [0.3, 0.4) is 0 Å². The van der Waals surface area contributed by atoms with Crippen molar-refractivity contribution < 1.29 is 9.53 Å². The maximum absolute atomic E-state index is 11.6. The molecule has 0 spiro atoms. The van der Waals surface area contributed by atoms with E-state index in [9.17, 15) is 4.79 Å². The Bertz CT molecular complexity index is 387. The molecule has 0 fully saturated rings. The highest BCUT2D eigenvalue weighted by Gasteiger charge is 2.31. The predicted molar refractivity (Wildman–Crippen MR) is 61.2 cm³/mol. The van der Waals surface area contributed by atoms with Crippen LogP contribution in [0.2, 0.25) is 5.02 Å². The number of ether oxygens (including phenoxy) is 1. The molecule has 0 saturated carbocycles. The van der Waals surface area contributed by atoms with Gasteiger partial charge in [0.15, 0.2) is 0 Å².